The van der Waals surface area contributed by atoms with E-state index in [0.29, 0.717) is 0 Å². The Morgan fingerprint density at radius 3 is 2.20 bits per heavy atom. The molecular formula is C7H11FO2. The highest BCUT2D eigenvalue weighted by molar-refractivity contribution is 4.89. The molecule has 0 saturated heterocycles. The molecule has 0 amide bonds. The lowest BCUT2D eigenvalue weighted by molar-refractivity contribution is 0.0109. The lowest BCUT2D eigenvalue weighted by atomic mass is 10.0. The van der Waals surface area contributed by atoms with Gasteiger partial charge in [0.05, 0.1) is 13.2 Å². The van der Waals surface area contributed by atoms with Crippen molar-refractivity contribution in [2.75, 3.05) is 13.2 Å². The maximum absolute atomic E-state index is 12.8. The predicted octanol–water partition coefficient (Wildman–Crippen LogP) is 0.0927. The summed E-state index contributed by atoms with van der Waals surface area (Å²) in [7, 11) is 0. The van der Waals surface area contributed by atoms with Crippen LogP contribution in [-0.2, 0) is 0 Å². The van der Waals surface area contributed by atoms with E-state index in [1.165, 1.54) is 0 Å². The first-order valence-corrected chi connectivity index (χ1v) is 3.02. The number of hydrogen-bond acceptors (Lipinski definition) is 2. The van der Waals surface area contributed by atoms with Gasteiger partial charge >= 0.3 is 0 Å². The summed E-state index contributed by atoms with van der Waals surface area (Å²) in [5.74, 6) is 2.23. The van der Waals surface area contributed by atoms with Crippen LogP contribution >= 0.6 is 0 Å². The molecule has 0 aromatic carbocycles. The number of hydrogen-bond donors (Lipinski definition) is 2. The van der Waals surface area contributed by atoms with Crippen molar-refractivity contribution in [3.8, 4) is 12.3 Å². The summed E-state index contributed by atoms with van der Waals surface area (Å²) < 4.78 is 12.8. The number of aliphatic hydroxyl groups excluding tert-OH is 2. The van der Waals surface area contributed by atoms with Crippen molar-refractivity contribution in [3.63, 3.8) is 0 Å². The Labute approximate surface area is 59.7 Å². The van der Waals surface area contributed by atoms with Gasteiger partial charge < -0.3 is 10.2 Å². The molecule has 0 aliphatic heterocycles. The fraction of sp³-hybridized carbons (Fsp3) is 0.714. The standard InChI is InChI=1S/C7H11FO2/c1-2-3-4-7(8,5-9)6-10/h1,9-10H,3-6H2. The van der Waals surface area contributed by atoms with Gasteiger partial charge in [0.1, 0.15) is 0 Å². The van der Waals surface area contributed by atoms with E-state index in [2.05, 4.69) is 5.92 Å². The van der Waals surface area contributed by atoms with Crippen LogP contribution in [0.1, 0.15) is 12.8 Å². The third-order valence-electron chi connectivity index (χ3n) is 1.28. The fourth-order valence-corrected chi connectivity index (χ4v) is 0.504. The molecule has 0 saturated carbocycles. The van der Waals surface area contributed by atoms with Gasteiger partial charge in [-0.15, -0.1) is 12.3 Å². The predicted molar refractivity (Wildman–Crippen MR) is 36.1 cm³/mol. The molecule has 0 aliphatic rings. The van der Waals surface area contributed by atoms with Crippen LogP contribution in [0, 0.1) is 12.3 Å². The number of halogens is 1. The van der Waals surface area contributed by atoms with E-state index in [4.69, 9.17) is 16.6 Å². The number of rotatable bonds is 4. The first-order chi connectivity index (χ1) is 4.68. The average Bonchev–Trinajstić information content (AvgIpc) is 2.00. The summed E-state index contributed by atoms with van der Waals surface area (Å²) in [4.78, 5) is 0. The van der Waals surface area contributed by atoms with Crippen molar-refractivity contribution in [1.82, 2.24) is 0 Å². The van der Waals surface area contributed by atoms with Gasteiger partial charge in [-0.05, 0) is 6.42 Å². The van der Waals surface area contributed by atoms with Gasteiger partial charge in [-0.3, -0.25) is 0 Å². The minimum Gasteiger partial charge on any atom is -0.393 e. The van der Waals surface area contributed by atoms with E-state index in [0.717, 1.165) is 0 Å². The molecule has 3 heteroatoms. The van der Waals surface area contributed by atoms with Crippen LogP contribution in [-0.4, -0.2) is 29.1 Å². The van der Waals surface area contributed by atoms with E-state index in [-0.39, 0.29) is 12.8 Å². The van der Waals surface area contributed by atoms with Gasteiger partial charge in [-0.1, -0.05) is 0 Å². The summed E-state index contributed by atoms with van der Waals surface area (Å²) in [5.41, 5.74) is -1.90. The van der Waals surface area contributed by atoms with Crippen molar-refractivity contribution in [1.29, 1.82) is 0 Å². The maximum Gasteiger partial charge on any atom is 0.157 e. The molecule has 0 radical (unpaired) electrons. The quantitative estimate of drug-likeness (QED) is 0.552. The normalized spacial score (nSPS) is 11.0. The monoisotopic (exact) mass is 146 g/mol. The van der Waals surface area contributed by atoms with Crippen LogP contribution in [0.4, 0.5) is 4.39 Å². The molecule has 0 aliphatic carbocycles. The first-order valence-electron chi connectivity index (χ1n) is 3.02. The highest BCUT2D eigenvalue weighted by Gasteiger charge is 2.26. The Kier molecular flexibility index (Phi) is 4.01. The van der Waals surface area contributed by atoms with Crippen LogP contribution in [0.2, 0.25) is 0 Å². The maximum atomic E-state index is 12.8. The van der Waals surface area contributed by atoms with Crippen molar-refractivity contribution in [3.05, 3.63) is 0 Å². The Morgan fingerprint density at radius 1 is 1.40 bits per heavy atom. The zero-order valence-electron chi connectivity index (χ0n) is 5.68. The molecule has 0 spiro atoms. The van der Waals surface area contributed by atoms with E-state index < -0.39 is 18.9 Å². The summed E-state index contributed by atoms with van der Waals surface area (Å²) >= 11 is 0. The van der Waals surface area contributed by atoms with Crippen molar-refractivity contribution >= 4 is 0 Å². The van der Waals surface area contributed by atoms with Gasteiger partial charge in [0, 0.05) is 6.42 Å². The zero-order chi connectivity index (χ0) is 8.04. The Balaban J connectivity index is 3.71. The summed E-state index contributed by atoms with van der Waals surface area (Å²) in [5, 5.41) is 16.8. The molecule has 2 N–H and O–H groups in total. The van der Waals surface area contributed by atoms with Crippen LogP contribution < -0.4 is 0 Å². The number of aliphatic hydroxyl groups is 2. The molecule has 0 unspecified atom stereocenters. The Bertz CT molecular complexity index is 124. The van der Waals surface area contributed by atoms with Crippen LogP contribution in [0.5, 0.6) is 0 Å². The fourth-order valence-electron chi connectivity index (χ4n) is 0.504. The van der Waals surface area contributed by atoms with Gasteiger partial charge in [-0.2, -0.15) is 0 Å². The SMILES string of the molecule is C#CCCC(F)(CO)CO. The van der Waals surface area contributed by atoms with Gasteiger partial charge in [0.2, 0.25) is 0 Å². The van der Waals surface area contributed by atoms with E-state index in [9.17, 15) is 4.39 Å². The smallest absolute Gasteiger partial charge is 0.157 e. The molecule has 0 rings (SSSR count). The molecular weight excluding hydrogens is 135 g/mol. The largest absolute Gasteiger partial charge is 0.393 e. The molecule has 0 heterocycles. The molecule has 0 atom stereocenters. The number of terminal acetylenes is 1. The minimum atomic E-state index is -1.90. The third-order valence-corrected chi connectivity index (χ3v) is 1.28. The second kappa shape index (κ2) is 4.26. The summed E-state index contributed by atoms with van der Waals surface area (Å²) in [6.45, 7) is -1.35. The molecule has 2 nitrogen and oxygen atoms in total. The Hall–Kier alpha value is -0.590. The lowest BCUT2D eigenvalue weighted by Gasteiger charge is -2.17. The van der Waals surface area contributed by atoms with Gasteiger partial charge in [0.15, 0.2) is 5.67 Å². The average molecular weight is 146 g/mol. The van der Waals surface area contributed by atoms with Crippen molar-refractivity contribution < 1.29 is 14.6 Å². The summed E-state index contributed by atoms with van der Waals surface area (Å²) in [6.07, 6.45) is 5.11. The van der Waals surface area contributed by atoms with Gasteiger partial charge in [-0.25, -0.2) is 4.39 Å². The van der Waals surface area contributed by atoms with E-state index >= 15 is 0 Å². The van der Waals surface area contributed by atoms with Gasteiger partial charge in [0.25, 0.3) is 0 Å². The van der Waals surface area contributed by atoms with Crippen molar-refractivity contribution in [2.45, 2.75) is 18.5 Å². The van der Waals surface area contributed by atoms with E-state index in [1.807, 2.05) is 0 Å². The lowest BCUT2D eigenvalue weighted by Crippen LogP contribution is -2.31. The highest BCUT2D eigenvalue weighted by Crippen LogP contribution is 2.15. The van der Waals surface area contributed by atoms with Crippen LogP contribution in [0.3, 0.4) is 0 Å². The molecule has 0 fully saturated rings. The molecule has 0 aromatic rings. The van der Waals surface area contributed by atoms with Crippen molar-refractivity contribution in [2.24, 2.45) is 0 Å². The van der Waals surface area contributed by atoms with E-state index in [1.54, 1.807) is 0 Å². The molecule has 10 heavy (non-hydrogen) atoms. The van der Waals surface area contributed by atoms with Crippen LogP contribution in [0.15, 0.2) is 0 Å². The van der Waals surface area contributed by atoms with Crippen LogP contribution in [0.25, 0.3) is 0 Å². The molecule has 0 bridgehead atoms. The summed E-state index contributed by atoms with van der Waals surface area (Å²) in [6, 6.07) is 0. The highest BCUT2D eigenvalue weighted by atomic mass is 19.1. The second-order valence-electron chi connectivity index (χ2n) is 2.17. The zero-order valence-corrected chi connectivity index (χ0v) is 5.68. The number of alkyl halides is 1. The second-order valence-corrected chi connectivity index (χ2v) is 2.17. The first kappa shape index (κ1) is 9.41. The molecule has 0 aromatic heterocycles. The Morgan fingerprint density at radius 2 is 1.90 bits per heavy atom. The topological polar surface area (TPSA) is 40.5 Å². The minimum absolute atomic E-state index is 0.0104. The molecule has 58 valence electrons. The third kappa shape index (κ3) is 2.81.